The van der Waals surface area contributed by atoms with Gasteiger partial charge >= 0.3 is 0 Å². The van der Waals surface area contributed by atoms with Crippen LogP contribution < -0.4 is 11.1 Å². The first-order valence-corrected chi connectivity index (χ1v) is 6.10. The van der Waals surface area contributed by atoms with Gasteiger partial charge in [-0.05, 0) is 43.1 Å². The molecule has 1 saturated heterocycles. The van der Waals surface area contributed by atoms with Gasteiger partial charge in [0, 0.05) is 19.2 Å². The third-order valence-electron chi connectivity index (χ3n) is 3.32. The molecule has 0 aromatic carbocycles. The molecule has 1 aliphatic rings. The predicted octanol–water partition coefficient (Wildman–Crippen LogP) is 0.340. The van der Waals surface area contributed by atoms with Crippen LogP contribution in [0.4, 0.5) is 0 Å². The first-order valence-electron chi connectivity index (χ1n) is 6.10. The number of nitrogens with one attached hydrogen (secondary N) is 1. The molecule has 2 aromatic heterocycles. The fourth-order valence-electron chi connectivity index (χ4n) is 2.33. The fraction of sp³-hybridized carbons (Fsp3) is 0.500. The summed E-state index contributed by atoms with van der Waals surface area (Å²) in [5.74, 6) is 1.62. The summed E-state index contributed by atoms with van der Waals surface area (Å²) in [5.41, 5.74) is 7.61. The van der Waals surface area contributed by atoms with E-state index in [2.05, 4.69) is 15.4 Å². The van der Waals surface area contributed by atoms with Gasteiger partial charge in [-0.3, -0.25) is 0 Å². The van der Waals surface area contributed by atoms with Crippen LogP contribution in [0, 0.1) is 5.92 Å². The zero-order valence-corrected chi connectivity index (χ0v) is 9.76. The summed E-state index contributed by atoms with van der Waals surface area (Å²) in [6.07, 6.45) is 4.12. The lowest BCUT2D eigenvalue weighted by molar-refractivity contribution is 0.561. The molecule has 5 nitrogen and oxygen atoms in total. The van der Waals surface area contributed by atoms with Crippen LogP contribution >= 0.6 is 0 Å². The van der Waals surface area contributed by atoms with Crippen molar-refractivity contribution in [2.75, 3.05) is 13.1 Å². The first kappa shape index (κ1) is 10.7. The van der Waals surface area contributed by atoms with Gasteiger partial charge in [0.1, 0.15) is 0 Å². The molecule has 90 valence electrons. The Morgan fingerprint density at radius 2 is 2.47 bits per heavy atom. The third-order valence-corrected chi connectivity index (χ3v) is 3.32. The van der Waals surface area contributed by atoms with Crippen LogP contribution in [0.3, 0.4) is 0 Å². The van der Waals surface area contributed by atoms with Crippen molar-refractivity contribution < 1.29 is 0 Å². The molecule has 1 aliphatic heterocycles. The Morgan fingerprint density at radius 3 is 3.24 bits per heavy atom. The molecule has 0 radical (unpaired) electrons. The molecule has 3 heterocycles. The van der Waals surface area contributed by atoms with Gasteiger partial charge in [-0.2, -0.15) is 5.10 Å². The normalized spacial score (nSPS) is 20.2. The van der Waals surface area contributed by atoms with E-state index in [0.29, 0.717) is 12.5 Å². The largest absolute Gasteiger partial charge is 0.326 e. The van der Waals surface area contributed by atoms with Gasteiger partial charge < -0.3 is 11.1 Å². The van der Waals surface area contributed by atoms with E-state index in [1.54, 1.807) is 0 Å². The molecule has 5 heteroatoms. The second kappa shape index (κ2) is 4.43. The molecule has 1 unspecified atom stereocenters. The first-order chi connectivity index (χ1) is 8.35. The van der Waals surface area contributed by atoms with Crippen LogP contribution in [-0.2, 0) is 13.0 Å². The minimum Gasteiger partial charge on any atom is -0.326 e. The average molecular weight is 231 g/mol. The van der Waals surface area contributed by atoms with Gasteiger partial charge in [0.2, 0.25) is 0 Å². The number of nitrogens with zero attached hydrogens (tertiary/aromatic N) is 3. The fourth-order valence-corrected chi connectivity index (χ4v) is 2.33. The molecule has 0 spiro atoms. The van der Waals surface area contributed by atoms with Gasteiger partial charge in [0.25, 0.3) is 0 Å². The van der Waals surface area contributed by atoms with E-state index < -0.39 is 0 Å². The Balaban J connectivity index is 1.85. The summed E-state index contributed by atoms with van der Waals surface area (Å²) in [4.78, 5) is 4.55. The van der Waals surface area contributed by atoms with Crippen LogP contribution in [0.15, 0.2) is 18.3 Å². The summed E-state index contributed by atoms with van der Waals surface area (Å²) >= 11 is 0. The molecule has 3 N–H and O–H groups in total. The second-order valence-electron chi connectivity index (χ2n) is 4.63. The van der Waals surface area contributed by atoms with Gasteiger partial charge in [-0.15, -0.1) is 0 Å². The summed E-state index contributed by atoms with van der Waals surface area (Å²) in [7, 11) is 0. The third kappa shape index (κ3) is 2.16. The number of pyridine rings is 1. The quantitative estimate of drug-likeness (QED) is 0.799. The summed E-state index contributed by atoms with van der Waals surface area (Å²) < 4.78 is 1.83. The highest BCUT2D eigenvalue weighted by molar-refractivity contribution is 5.40. The lowest BCUT2D eigenvalue weighted by Crippen LogP contribution is -2.11. The second-order valence-corrected chi connectivity index (χ2v) is 4.63. The van der Waals surface area contributed by atoms with E-state index >= 15 is 0 Å². The van der Waals surface area contributed by atoms with E-state index in [9.17, 15) is 0 Å². The Morgan fingerprint density at radius 1 is 1.53 bits per heavy atom. The Bertz CT molecular complexity index is 513. The van der Waals surface area contributed by atoms with Crippen LogP contribution in [0.2, 0.25) is 0 Å². The molecule has 0 bridgehead atoms. The highest BCUT2D eigenvalue weighted by atomic mass is 15.3. The van der Waals surface area contributed by atoms with E-state index in [-0.39, 0.29) is 0 Å². The summed E-state index contributed by atoms with van der Waals surface area (Å²) in [5, 5.41) is 7.85. The van der Waals surface area contributed by atoms with Gasteiger partial charge in [-0.25, -0.2) is 9.50 Å². The van der Waals surface area contributed by atoms with Crippen molar-refractivity contribution in [3.05, 3.63) is 29.7 Å². The minimum atomic E-state index is 0.547. The number of nitrogens with two attached hydrogens (primary N) is 1. The lowest BCUT2D eigenvalue weighted by atomic mass is 10.1. The number of hydrogen-bond donors (Lipinski definition) is 2. The maximum absolute atomic E-state index is 5.61. The molecule has 17 heavy (non-hydrogen) atoms. The van der Waals surface area contributed by atoms with Gasteiger partial charge in [-0.1, -0.05) is 0 Å². The Hall–Kier alpha value is -1.46. The molecule has 0 aliphatic carbocycles. The number of aromatic nitrogens is 3. The highest BCUT2D eigenvalue weighted by Gasteiger charge is 2.17. The molecule has 1 atom stereocenters. The van der Waals surface area contributed by atoms with Crippen molar-refractivity contribution >= 4 is 5.65 Å². The molecule has 0 amide bonds. The van der Waals surface area contributed by atoms with Crippen molar-refractivity contribution in [2.45, 2.75) is 19.4 Å². The van der Waals surface area contributed by atoms with Crippen LogP contribution in [0.5, 0.6) is 0 Å². The molecular formula is C12H17N5. The SMILES string of the molecule is NCc1ccn2nc(CC3CCNC3)nc2c1. The smallest absolute Gasteiger partial charge is 0.155 e. The lowest BCUT2D eigenvalue weighted by Gasteiger charge is -2.02. The standard InChI is InChI=1S/C12H17N5/c13-7-9-2-4-17-12(6-9)15-11(16-17)5-10-1-3-14-8-10/h2,4,6,10,14H,1,3,5,7-8,13H2. The van der Waals surface area contributed by atoms with Crippen LogP contribution in [0.25, 0.3) is 5.65 Å². The monoisotopic (exact) mass is 231 g/mol. The zero-order valence-electron chi connectivity index (χ0n) is 9.76. The van der Waals surface area contributed by atoms with Crippen LogP contribution in [0.1, 0.15) is 17.8 Å². The van der Waals surface area contributed by atoms with E-state index in [0.717, 1.165) is 36.5 Å². The summed E-state index contributed by atoms with van der Waals surface area (Å²) in [6, 6.07) is 3.99. The summed E-state index contributed by atoms with van der Waals surface area (Å²) in [6.45, 7) is 2.75. The number of fused-ring (bicyclic) bond motifs is 1. The number of rotatable bonds is 3. The molecule has 3 rings (SSSR count). The molecule has 0 saturated carbocycles. The van der Waals surface area contributed by atoms with Crippen molar-refractivity contribution in [1.82, 2.24) is 19.9 Å². The number of hydrogen-bond acceptors (Lipinski definition) is 4. The average Bonchev–Trinajstić information content (AvgIpc) is 2.96. The Labute approximate surface area is 100 Å². The van der Waals surface area contributed by atoms with Gasteiger partial charge in [0.15, 0.2) is 11.5 Å². The maximum atomic E-state index is 5.61. The van der Waals surface area contributed by atoms with E-state index in [1.165, 1.54) is 6.42 Å². The predicted molar refractivity (Wildman–Crippen MR) is 65.6 cm³/mol. The Kier molecular flexibility index (Phi) is 2.78. The van der Waals surface area contributed by atoms with E-state index in [4.69, 9.17) is 5.73 Å². The molecule has 2 aromatic rings. The minimum absolute atomic E-state index is 0.547. The molecular weight excluding hydrogens is 214 g/mol. The van der Waals surface area contributed by atoms with Crippen molar-refractivity contribution in [3.8, 4) is 0 Å². The van der Waals surface area contributed by atoms with Crippen molar-refractivity contribution in [2.24, 2.45) is 11.7 Å². The van der Waals surface area contributed by atoms with Crippen LogP contribution in [-0.4, -0.2) is 27.7 Å². The highest BCUT2D eigenvalue weighted by Crippen LogP contribution is 2.14. The maximum Gasteiger partial charge on any atom is 0.155 e. The van der Waals surface area contributed by atoms with Crippen molar-refractivity contribution in [3.63, 3.8) is 0 Å². The zero-order chi connectivity index (χ0) is 11.7. The van der Waals surface area contributed by atoms with E-state index in [1.807, 2.05) is 22.8 Å². The molecule has 1 fully saturated rings. The topological polar surface area (TPSA) is 68.2 Å². The van der Waals surface area contributed by atoms with Gasteiger partial charge in [0.05, 0.1) is 0 Å². The van der Waals surface area contributed by atoms with Crippen molar-refractivity contribution in [1.29, 1.82) is 0 Å².